The van der Waals surface area contributed by atoms with Gasteiger partial charge in [0.2, 0.25) is 0 Å². The Morgan fingerprint density at radius 3 is 2.80 bits per heavy atom. The second-order valence-electron chi connectivity index (χ2n) is 5.72. The third kappa shape index (κ3) is 1.90. The maximum atomic E-state index is 9.86. The van der Waals surface area contributed by atoms with Crippen LogP contribution in [0.4, 0.5) is 0 Å². The summed E-state index contributed by atoms with van der Waals surface area (Å²) in [5, 5.41) is 9.86. The fourth-order valence-corrected chi connectivity index (χ4v) is 3.26. The Morgan fingerprint density at radius 1 is 1.33 bits per heavy atom. The largest absolute Gasteiger partial charge is 0.389 e. The first kappa shape index (κ1) is 10.9. The fraction of sp³-hybridized carbons (Fsp3) is 0.714. The van der Waals surface area contributed by atoms with Gasteiger partial charge >= 0.3 is 0 Å². The zero-order valence-electron chi connectivity index (χ0n) is 10.0. The predicted octanol–water partition coefficient (Wildman–Crippen LogP) is 3.31. The number of allylic oxidation sites excluding steroid dienone is 3. The van der Waals surface area contributed by atoms with Crippen molar-refractivity contribution >= 4 is 0 Å². The van der Waals surface area contributed by atoms with Crippen LogP contribution in [-0.4, -0.2) is 11.2 Å². The van der Waals surface area contributed by atoms with Gasteiger partial charge in [0.1, 0.15) is 0 Å². The fourth-order valence-electron chi connectivity index (χ4n) is 3.26. The molecule has 0 fully saturated rings. The van der Waals surface area contributed by atoms with Crippen molar-refractivity contribution in [3.8, 4) is 0 Å². The van der Waals surface area contributed by atoms with Crippen LogP contribution in [-0.2, 0) is 0 Å². The second-order valence-corrected chi connectivity index (χ2v) is 5.72. The van der Waals surface area contributed by atoms with E-state index in [4.69, 9.17) is 0 Å². The molecular weight excluding hydrogens is 184 g/mol. The maximum Gasteiger partial charge on any atom is 0.0726 e. The highest BCUT2D eigenvalue weighted by atomic mass is 16.3. The summed E-state index contributed by atoms with van der Waals surface area (Å²) in [7, 11) is 0. The summed E-state index contributed by atoms with van der Waals surface area (Å²) in [5.41, 5.74) is 1.82. The summed E-state index contributed by atoms with van der Waals surface area (Å²) in [5.74, 6) is 1.30. The molecule has 15 heavy (non-hydrogen) atoms. The first-order valence-corrected chi connectivity index (χ1v) is 6.03. The molecule has 2 aliphatic carbocycles. The standard InChI is InChI=1S/C14H22O/c1-10-7-8-11-5-4-6-12(15)9-13(10)14(11,2)3/h4,6-7,11-13,15H,5,8-9H2,1-3H3/b6-4-/t11-,12-,13-/m1/s1. The van der Waals surface area contributed by atoms with E-state index in [1.54, 1.807) is 0 Å². The van der Waals surface area contributed by atoms with Gasteiger partial charge in [0, 0.05) is 0 Å². The Balaban J connectivity index is 2.35. The Bertz CT molecular complexity index is 298. The third-order valence-electron chi connectivity index (χ3n) is 4.48. The van der Waals surface area contributed by atoms with Crippen molar-refractivity contribution < 1.29 is 5.11 Å². The normalized spacial score (nSPS) is 41.3. The molecule has 2 aliphatic rings. The molecule has 3 atom stereocenters. The number of hydrogen-bond acceptors (Lipinski definition) is 1. The van der Waals surface area contributed by atoms with E-state index in [9.17, 15) is 5.11 Å². The van der Waals surface area contributed by atoms with Gasteiger partial charge in [-0.3, -0.25) is 0 Å². The summed E-state index contributed by atoms with van der Waals surface area (Å²) in [6.07, 6.45) is 9.49. The zero-order valence-corrected chi connectivity index (χ0v) is 10.0. The highest BCUT2D eigenvalue weighted by Gasteiger charge is 2.40. The van der Waals surface area contributed by atoms with Crippen LogP contribution in [0.1, 0.15) is 40.0 Å². The van der Waals surface area contributed by atoms with Gasteiger partial charge < -0.3 is 5.11 Å². The highest BCUT2D eigenvalue weighted by molar-refractivity contribution is 5.17. The average Bonchev–Trinajstić information content (AvgIpc) is 2.15. The van der Waals surface area contributed by atoms with E-state index in [0.717, 1.165) is 18.8 Å². The van der Waals surface area contributed by atoms with Crippen LogP contribution >= 0.6 is 0 Å². The van der Waals surface area contributed by atoms with Crippen LogP contribution in [0.25, 0.3) is 0 Å². The lowest BCUT2D eigenvalue weighted by Crippen LogP contribution is -2.38. The van der Waals surface area contributed by atoms with E-state index >= 15 is 0 Å². The van der Waals surface area contributed by atoms with Gasteiger partial charge in [-0.25, -0.2) is 0 Å². The molecule has 0 radical (unpaired) electrons. The van der Waals surface area contributed by atoms with E-state index in [2.05, 4.69) is 32.9 Å². The minimum Gasteiger partial charge on any atom is -0.389 e. The van der Waals surface area contributed by atoms with Crippen LogP contribution in [0.2, 0.25) is 0 Å². The van der Waals surface area contributed by atoms with Crippen LogP contribution < -0.4 is 0 Å². The quantitative estimate of drug-likeness (QED) is 0.603. The lowest BCUT2D eigenvalue weighted by atomic mass is 9.59. The van der Waals surface area contributed by atoms with Crippen molar-refractivity contribution in [3.63, 3.8) is 0 Å². The number of rotatable bonds is 0. The Labute approximate surface area is 92.9 Å². The lowest BCUT2D eigenvalue weighted by molar-refractivity contribution is 0.0779. The average molecular weight is 206 g/mol. The maximum absolute atomic E-state index is 9.86. The van der Waals surface area contributed by atoms with Gasteiger partial charge in [0.25, 0.3) is 0 Å². The molecule has 0 spiro atoms. The summed E-state index contributed by atoms with van der Waals surface area (Å²) < 4.78 is 0. The molecule has 0 heterocycles. The summed E-state index contributed by atoms with van der Waals surface area (Å²) in [4.78, 5) is 0. The van der Waals surface area contributed by atoms with Crippen LogP contribution in [0, 0.1) is 17.3 Å². The molecule has 1 N–H and O–H groups in total. The molecule has 0 aromatic carbocycles. The molecule has 0 aliphatic heterocycles. The highest BCUT2D eigenvalue weighted by Crippen LogP contribution is 2.49. The van der Waals surface area contributed by atoms with E-state index < -0.39 is 0 Å². The molecule has 0 aromatic heterocycles. The van der Waals surface area contributed by atoms with Gasteiger partial charge in [-0.15, -0.1) is 0 Å². The molecule has 84 valence electrons. The van der Waals surface area contributed by atoms with Crippen molar-refractivity contribution in [2.75, 3.05) is 0 Å². The molecule has 0 saturated heterocycles. The van der Waals surface area contributed by atoms with Gasteiger partial charge in [0.05, 0.1) is 6.10 Å². The minimum atomic E-state index is -0.253. The smallest absolute Gasteiger partial charge is 0.0726 e. The third-order valence-corrected chi connectivity index (χ3v) is 4.48. The van der Waals surface area contributed by atoms with Crippen LogP contribution in [0.3, 0.4) is 0 Å². The Morgan fingerprint density at radius 2 is 2.07 bits per heavy atom. The summed E-state index contributed by atoms with van der Waals surface area (Å²) in [6.45, 7) is 6.95. The van der Waals surface area contributed by atoms with Gasteiger partial charge in [-0.05, 0) is 43.4 Å². The van der Waals surface area contributed by atoms with E-state index in [1.165, 1.54) is 12.0 Å². The lowest BCUT2D eigenvalue weighted by Gasteiger charge is -2.46. The van der Waals surface area contributed by atoms with Crippen molar-refractivity contribution in [1.82, 2.24) is 0 Å². The molecule has 2 bridgehead atoms. The predicted molar refractivity (Wildman–Crippen MR) is 63.5 cm³/mol. The van der Waals surface area contributed by atoms with Crippen LogP contribution in [0.5, 0.6) is 0 Å². The van der Waals surface area contributed by atoms with Gasteiger partial charge in [0.15, 0.2) is 0 Å². The zero-order chi connectivity index (χ0) is 11.1. The van der Waals surface area contributed by atoms with E-state index in [-0.39, 0.29) is 6.10 Å². The number of aliphatic hydroxyl groups is 1. The monoisotopic (exact) mass is 206 g/mol. The van der Waals surface area contributed by atoms with Crippen molar-refractivity contribution in [2.24, 2.45) is 17.3 Å². The van der Waals surface area contributed by atoms with Gasteiger partial charge in [-0.2, -0.15) is 0 Å². The topological polar surface area (TPSA) is 20.2 Å². The minimum absolute atomic E-state index is 0.253. The number of hydrogen-bond donors (Lipinski definition) is 1. The van der Waals surface area contributed by atoms with Gasteiger partial charge in [-0.1, -0.05) is 37.6 Å². The summed E-state index contributed by atoms with van der Waals surface area (Å²) >= 11 is 0. The molecule has 0 unspecified atom stereocenters. The second kappa shape index (κ2) is 3.79. The van der Waals surface area contributed by atoms with Crippen molar-refractivity contribution in [1.29, 1.82) is 0 Å². The van der Waals surface area contributed by atoms with Crippen molar-refractivity contribution in [2.45, 2.75) is 46.1 Å². The molecule has 0 saturated carbocycles. The molecule has 1 heteroatoms. The van der Waals surface area contributed by atoms with E-state index in [1.807, 2.05) is 6.08 Å². The molecule has 0 aromatic rings. The summed E-state index contributed by atoms with van der Waals surface area (Å²) in [6, 6.07) is 0. The van der Waals surface area contributed by atoms with Crippen molar-refractivity contribution in [3.05, 3.63) is 23.8 Å². The number of fused-ring (bicyclic) bond motifs is 2. The first-order valence-electron chi connectivity index (χ1n) is 6.03. The van der Waals surface area contributed by atoms with Crippen LogP contribution in [0.15, 0.2) is 23.8 Å². The SMILES string of the molecule is CC1=CC[C@H]2C/C=C\[C@@H](O)C[C@H]1C2(C)C. The van der Waals surface area contributed by atoms with E-state index in [0.29, 0.717) is 11.3 Å². The Hall–Kier alpha value is -0.560. The molecular formula is C14H22O. The Kier molecular flexibility index (Phi) is 2.76. The molecule has 2 rings (SSSR count). The number of aliphatic hydroxyl groups excluding tert-OH is 1. The first-order chi connectivity index (χ1) is 7.01. The molecule has 1 nitrogen and oxygen atoms in total. The molecule has 0 amide bonds.